The molecule has 0 fully saturated rings. The molecule has 0 saturated heterocycles. The van der Waals surface area contributed by atoms with Gasteiger partial charge in [-0.1, -0.05) is 11.6 Å². The summed E-state index contributed by atoms with van der Waals surface area (Å²) in [6.45, 7) is 6.56. The number of anilines is 1. The number of carbonyl (C=O) groups is 2. The summed E-state index contributed by atoms with van der Waals surface area (Å²) >= 11 is 5.71. The lowest BCUT2D eigenvalue weighted by atomic mass is 10.2. The fraction of sp³-hybridized carbons (Fsp3) is 0.375. The molecule has 11 heteroatoms. The molecule has 1 N–H and O–H groups in total. The van der Waals surface area contributed by atoms with Crippen molar-refractivity contribution in [2.45, 2.75) is 39.5 Å². The summed E-state index contributed by atoms with van der Waals surface area (Å²) in [6, 6.07) is 1.54. The minimum atomic E-state index is -4.69. The third kappa shape index (κ3) is 4.97. The Labute approximate surface area is 157 Å². The Morgan fingerprint density at radius 1 is 1.22 bits per heavy atom. The van der Waals surface area contributed by atoms with Crippen LogP contribution in [0.1, 0.15) is 42.4 Å². The molecule has 0 aliphatic carbocycles. The second kappa shape index (κ2) is 7.18. The minimum absolute atomic E-state index is 0.00483. The van der Waals surface area contributed by atoms with Crippen LogP contribution in [0.5, 0.6) is 0 Å². The van der Waals surface area contributed by atoms with Crippen molar-refractivity contribution in [2.24, 2.45) is 0 Å². The molecule has 27 heavy (non-hydrogen) atoms. The van der Waals surface area contributed by atoms with Gasteiger partial charge >= 0.3 is 12.3 Å². The number of ether oxygens (including phenoxy) is 1. The van der Waals surface area contributed by atoms with Gasteiger partial charge in [-0.15, -0.1) is 4.68 Å². The molecule has 0 aromatic carbocycles. The highest BCUT2D eigenvalue weighted by molar-refractivity contribution is 6.33. The van der Waals surface area contributed by atoms with Crippen LogP contribution in [-0.4, -0.2) is 32.4 Å². The first-order valence-corrected chi connectivity index (χ1v) is 8.00. The zero-order chi connectivity index (χ0) is 20.6. The maximum atomic E-state index is 12.7. The van der Waals surface area contributed by atoms with Crippen LogP contribution < -0.4 is 5.32 Å². The molecule has 0 unspecified atom stereocenters. The van der Waals surface area contributed by atoms with E-state index in [0.717, 1.165) is 10.7 Å². The van der Waals surface area contributed by atoms with Gasteiger partial charge in [0.25, 0.3) is 5.91 Å². The third-order valence-electron chi connectivity index (χ3n) is 3.13. The van der Waals surface area contributed by atoms with E-state index in [-0.39, 0.29) is 11.4 Å². The van der Waals surface area contributed by atoms with Crippen molar-refractivity contribution in [3.8, 4) is 0 Å². The number of carbonyl (C=O) groups excluding carboxylic acids is 2. The molecule has 0 bridgehead atoms. The summed E-state index contributed by atoms with van der Waals surface area (Å²) in [5.41, 5.74) is -1.87. The van der Waals surface area contributed by atoms with Gasteiger partial charge in [0.05, 0.1) is 11.8 Å². The summed E-state index contributed by atoms with van der Waals surface area (Å²) in [4.78, 5) is 27.8. The summed E-state index contributed by atoms with van der Waals surface area (Å²) in [6.07, 6.45) is -4.20. The van der Waals surface area contributed by atoms with Crippen LogP contribution in [0.2, 0.25) is 5.15 Å². The second-order valence-corrected chi connectivity index (χ2v) is 6.91. The molecule has 0 aliphatic heterocycles. The van der Waals surface area contributed by atoms with Gasteiger partial charge in [0.2, 0.25) is 0 Å². The average Bonchev–Trinajstić information content (AvgIpc) is 2.85. The van der Waals surface area contributed by atoms with Gasteiger partial charge in [0, 0.05) is 5.56 Å². The number of amides is 1. The summed E-state index contributed by atoms with van der Waals surface area (Å²) in [5, 5.41) is 5.62. The number of halogens is 4. The van der Waals surface area contributed by atoms with E-state index in [9.17, 15) is 22.8 Å². The molecule has 0 atom stereocenters. The van der Waals surface area contributed by atoms with Crippen LogP contribution in [-0.2, 0) is 10.9 Å². The Morgan fingerprint density at radius 3 is 2.37 bits per heavy atom. The van der Waals surface area contributed by atoms with Gasteiger partial charge < -0.3 is 10.1 Å². The first kappa shape index (κ1) is 20.7. The van der Waals surface area contributed by atoms with Crippen LogP contribution in [0.3, 0.4) is 0 Å². The highest BCUT2D eigenvalue weighted by atomic mass is 35.5. The van der Waals surface area contributed by atoms with Gasteiger partial charge in [0.1, 0.15) is 22.3 Å². The Kier molecular flexibility index (Phi) is 5.50. The number of aryl methyl sites for hydroxylation is 1. The normalized spacial score (nSPS) is 12.0. The molecule has 1 amide bonds. The van der Waals surface area contributed by atoms with E-state index < -0.39 is 34.6 Å². The van der Waals surface area contributed by atoms with Gasteiger partial charge in [-0.05, 0) is 39.8 Å². The van der Waals surface area contributed by atoms with Crippen LogP contribution in [0.15, 0.2) is 18.3 Å². The van der Waals surface area contributed by atoms with E-state index in [2.05, 4.69) is 15.4 Å². The lowest BCUT2D eigenvalue weighted by molar-refractivity contribution is -0.141. The topological polar surface area (TPSA) is 86.1 Å². The number of hydrogen-bond donors (Lipinski definition) is 1. The Bertz CT molecular complexity index is 888. The predicted molar refractivity (Wildman–Crippen MR) is 90.8 cm³/mol. The van der Waals surface area contributed by atoms with Crippen molar-refractivity contribution >= 4 is 29.4 Å². The van der Waals surface area contributed by atoms with E-state index >= 15 is 0 Å². The molecule has 146 valence electrons. The van der Waals surface area contributed by atoms with Gasteiger partial charge in [-0.3, -0.25) is 4.79 Å². The first-order chi connectivity index (χ1) is 12.3. The quantitative estimate of drug-likeness (QED) is 0.754. The van der Waals surface area contributed by atoms with Crippen LogP contribution in [0, 0.1) is 6.92 Å². The third-order valence-corrected chi connectivity index (χ3v) is 3.42. The van der Waals surface area contributed by atoms with Crippen LogP contribution in [0.4, 0.5) is 23.8 Å². The fourth-order valence-electron chi connectivity index (χ4n) is 1.96. The van der Waals surface area contributed by atoms with E-state index in [1.807, 2.05) is 0 Å². The lowest BCUT2D eigenvalue weighted by Crippen LogP contribution is -2.29. The second-order valence-electron chi connectivity index (χ2n) is 6.56. The lowest BCUT2D eigenvalue weighted by Gasteiger charge is -2.20. The number of aromatic nitrogens is 3. The molecule has 0 aliphatic rings. The minimum Gasteiger partial charge on any atom is -0.442 e. The zero-order valence-corrected chi connectivity index (χ0v) is 15.6. The Morgan fingerprint density at radius 2 is 1.85 bits per heavy atom. The van der Waals surface area contributed by atoms with Gasteiger partial charge in [-0.25, -0.2) is 9.78 Å². The average molecular weight is 405 g/mol. The molecular formula is C16H16ClF3N4O3. The van der Waals surface area contributed by atoms with Crippen LogP contribution in [0.25, 0.3) is 0 Å². The summed E-state index contributed by atoms with van der Waals surface area (Å²) in [5.74, 6) is -0.847. The Balaban J connectivity index is 2.29. The van der Waals surface area contributed by atoms with Crippen molar-refractivity contribution in [3.63, 3.8) is 0 Å². The molecule has 7 nitrogen and oxygen atoms in total. The number of hydrogen-bond acceptors (Lipinski definition) is 5. The zero-order valence-electron chi connectivity index (χ0n) is 14.8. The number of nitrogens with one attached hydrogen (secondary N) is 1. The number of pyridine rings is 1. The van der Waals surface area contributed by atoms with Crippen molar-refractivity contribution in [1.82, 2.24) is 14.8 Å². The predicted octanol–water partition coefficient (Wildman–Crippen LogP) is 4.29. The number of alkyl halides is 3. The molecule has 0 radical (unpaired) electrons. The molecule has 0 saturated carbocycles. The molecule has 2 heterocycles. The number of rotatable bonds is 2. The van der Waals surface area contributed by atoms with Crippen molar-refractivity contribution in [3.05, 3.63) is 40.3 Å². The van der Waals surface area contributed by atoms with Crippen LogP contribution >= 0.6 is 11.6 Å². The molecule has 2 rings (SSSR count). The standard InChI is InChI=1S/C16H16ClF3N4O3/c1-8-7-21-24(14(26)27-15(2,3)4)12(8)23-13(25)9-5-6-10(16(18,19)20)22-11(9)17/h5-7H,1-4H3,(H,23,25). The first-order valence-electron chi connectivity index (χ1n) is 7.62. The number of nitrogens with zero attached hydrogens (tertiary/aromatic N) is 3. The van der Waals surface area contributed by atoms with E-state index in [1.54, 1.807) is 27.7 Å². The highest BCUT2D eigenvalue weighted by Crippen LogP contribution is 2.29. The molecular weight excluding hydrogens is 389 g/mol. The maximum absolute atomic E-state index is 12.7. The van der Waals surface area contributed by atoms with Crippen molar-refractivity contribution in [2.75, 3.05) is 5.32 Å². The largest absolute Gasteiger partial charge is 0.442 e. The summed E-state index contributed by atoms with van der Waals surface area (Å²) < 4.78 is 44.0. The molecule has 0 spiro atoms. The smallest absolute Gasteiger partial charge is 0.437 e. The fourth-order valence-corrected chi connectivity index (χ4v) is 2.20. The van der Waals surface area contributed by atoms with E-state index in [0.29, 0.717) is 11.6 Å². The molecule has 2 aromatic rings. The van der Waals surface area contributed by atoms with E-state index in [1.165, 1.54) is 6.20 Å². The Hall–Kier alpha value is -2.62. The maximum Gasteiger partial charge on any atom is 0.437 e. The van der Waals surface area contributed by atoms with Gasteiger partial charge in [-0.2, -0.15) is 18.3 Å². The van der Waals surface area contributed by atoms with Gasteiger partial charge in [0.15, 0.2) is 0 Å². The monoisotopic (exact) mass is 404 g/mol. The van der Waals surface area contributed by atoms with E-state index in [4.69, 9.17) is 16.3 Å². The summed E-state index contributed by atoms with van der Waals surface area (Å²) in [7, 11) is 0. The highest BCUT2D eigenvalue weighted by Gasteiger charge is 2.33. The SMILES string of the molecule is Cc1cnn(C(=O)OC(C)(C)C)c1NC(=O)c1ccc(C(F)(F)F)nc1Cl. The molecule has 2 aromatic heterocycles. The van der Waals surface area contributed by atoms with Crippen molar-refractivity contribution < 1.29 is 27.5 Å². The van der Waals surface area contributed by atoms with Crippen molar-refractivity contribution in [1.29, 1.82) is 0 Å².